The van der Waals surface area contributed by atoms with Crippen molar-refractivity contribution in [2.45, 2.75) is 38.9 Å². The first kappa shape index (κ1) is 14.2. The highest BCUT2D eigenvalue weighted by Crippen LogP contribution is 2.23. The molecule has 0 aliphatic rings. The Morgan fingerprint density at radius 1 is 1.41 bits per heavy atom. The number of nitrogens with one attached hydrogen (secondary N) is 1. The summed E-state index contributed by atoms with van der Waals surface area (Å²) >= 11 is 3.19. The smallest absolute Gasteiger partial charge is 0.367 e. The molecule has 1 aromatic rings. The van der Waals surface area contributed by atoms with Gasteiger partial charge in [0.05, 0.1) is 6.42 Å². The molecule has 7 heteroatoms. The van der Waals surface area contributed by atoms with Gasteiger partial charge in [0.25, 0.3) is 0 Å². The summed E-state index contributed by atoms with van der Waals surface area (Å²) in [7, 11) is 0. The number of hydrogen-bond donors (Lipinski definition) is 1. The second-order valence-electron chi connectivity index (χ2n) is 3.71. The van der Waals surface area contributed by atoms with Gasteiger partial charge in [-0.25, -0.2) is 9.97 Å². The van der Waals surface area contributed by atoms with Gasteiger partial charge in [-0.2, -0.15) is 13.2 Å². The van der Waals surface area contributed by atoms with Crippen LogP contribution in [0, 0.1) is 0 Å². The fourth-order valence-electron chi connectivity index (χ4n) is 1.35. The number of alkyl halides is 3. The van der Waals surface area contributed by atoms with Crippen LogP contribution in [0.15, 0.2) is 10.7 Å². The summed E-state index contributed by atoms with van der Waals surface area (Å²) < 4.78 is 37.0. The lowest BCUT2D eigenvalue weighted by Gasteiger charge is -2.16. The number of aryl methyl sites for hydroxylation is 1. The van der Waals surface area contributed by atoms with Crippen molar-refractivity contribution in [3.8, 4) is 0 Å². The van der Waals surface area contributed by atoms with Gasteiger partial charge >= 0.3 is 6.18 Å². The van der Waals surface area contributed by atoms with E-state index in [1.165, 1.54) is 6.92 Å². The predicted molar refractivity (Wildman–Crippen MR) is 62.9 cm³/mol. The largest absolute Gasteiger partial charge is 0.391 e. The molecule has 0 bridgehead atoms. The molecule has 1 unspecified atom stereocenters. The lowest BCUT2D eigenvalue weighted by atomic mass is 10.2. The molecule has 0 saturated heterocycles. The van der Waals surface area contributed by atoms with Crippen molar-refractivity contribution in [1.29, 1.82) is 0 Å². The molecule has 0 aromatic carbocycles. The molecule has 1 heterocycles. The molecule has 1 atom stereocenters. The summed E-state index contributed by atoms with van der Waals surface area (Å²) in [4.78, 5) is 8.18. The van der Waals surface area contributed by atoms with E-state index in [0.717, 1.165) is 0 Å². The molecule has 17 heavy (non-hydrogen) atoms. The Morgan fingerprint density at radius 3 is 2.59 bits per heavy atom. The SMILES string of the molecule is CCc1nc(Br)cc(NC(C)CC(F)(F)F)n1. The van der Waals surface area contributed by atoms with E-state index in [1.54, 1.807) is 6.07 Å². The first-order valence-corrected chi connectivity index (χ1v) is 5.96. The third kappa shape index (κ3) is 5.34. The summed E-state index contributed by atoms with van der Waals surface area (Å²) in [6.07, 6.45) is -4.44. The summed E-state index contributed by atoms with van der Waals surface area (Å²) in [5.41, 5.74) is 0. The summed E-state index contributed by atoms with van der Waals surface area (Å²) in [6, 6.07) is 0.841. The minimum atomic E-state index is -4.18. The fraction of sp³-hybridized carbons (Fsp3) is 0.600. The fourth-order valence-corrected chi connectivity index (χ4v) is 1.77. The highest BCUT2D eigenvalue weighted by molar-refractivity contribution is 9.10. The van der Waals surface area contributed by atoms with E-state index in [2.05, 4.69) is 31.2 Å². The van der Waals surface area contributed by atoms with Crippen LogP contribution in [0.1, 0.15) is 26.1 Å². The van der Waals surface area contributed by atoms with Gasteiger partial charge < -0.3 is 5.32 Å². The Labute approximate surface area is 106 Å². The number of halogens is 4. The first-order chi connectivity index (χ1) is 7.80. The summed E-state index contributed by atoms with van der Waals surface area (Å²) in [5.74, 6) is 0.988. The Morgan fingerprint density at radius 2 is 2.06 bits per heavy atom. The highest BCUT2D eigenvalue weighted by atomic mass is 79.9. The van der Waals surface area contributed by atoms with Crippen LogP contribution in [0.25, 0.3) is 0 Å². The molecule has 3 nitrogen and oxygen atoms in total. The molecule has 1 rings (SSSR count). The van der Waals surface area contributed by atoms with Gasteiger partial charge in [-0.1, -0.05) is 6.92 Å². The van der Waals surface area contributed by atoms with Gasteiger partial charge in [0.2, 0.25) is 0 Å². The number of anilines is 1. The third-order valence-electron chi connectivity index (χ3n) is 1.99. The van der Waals surface area contributed by atoms with E-state index in [1.807, 2.05) is 6.92 Å². The van der Waals surface area contributed by atoms with E-state index in [-0.39, 0.29) is 0 Å². The van der Waals surface area contributed by atoms with Gasteiger partial charge in [-0.3, -0.25) is 0 Å². The molecule has 1 N–H and O–H groups in total. The van der Waals surface area contributed by atoms with Crippen molar-refractivity contribution < 1.29 is 13.2 Å². The maximum Gasteiger partial charge on any atom is 0.391 e. The van der Waals surface area contributed by atoms with Gasteiger partial charge in [-0.15, -0.1) is 0 Å². The van der Waals surface area contributed by atoms with Crippen LogP contribution in [0.4, 0.5) is 19.0 Å². The predicted octanol–water partition coefficient (Wildman–Crippen LogP) is 3.55. The van der Waals surface area contributed by atoms with E-state index in [9.17, 15) is 13.2 Å². The van der Waals surface area contributed by atoms with Crippen molar-refractivity contribution in [3.05, 3.63) is 16.5 Å². The van der Waals surface area contributed by atoms with E-state index in [4.69, 9.17) is 0 Å². The topological polar surface area (TPSA) is 37.8 Å². The van der Waals surface area contributed by atoms with Gasteiger partial charge in [0, 0.05) is 18.5 Å². The zero-order valence-corrected chi connectivity index (χ0v) is 11.1. The van der Waals surface area contributed by atoms with Crippen molar-refractivity contribution in [1.82, 2.24) is 9.97 Å². The van der Waals surface area contributed by atoms with E-state index < -0.39 is 18.6 Å². The number of hydrogen-bond acceptors (Lipinski definition) is 3. The lowest BCUT2D eigenvalue weighted by Crippen LogP contribution is -2.24. The van der Waals surface area contributed by atoms with Gasteiger partial charge in [-0.05, 0) is 22.9 Å². The molecule has 1 aromatic heterocycles. The van der Waals surface area contributed by atoms with Gasteiger partial charge in [0.1, 0.15) is 16.2 Å². The molecule has 96 valence electrons. The van der Waals surface area contributed by atoms with Gasteiger partial charge in [0.15, 0.2) is 0 Å². The van der Waals surface area contributed by atoms with Crippen LogP contribution in [0.2, 0.25) is 0 Å². The molecule has 0 spiro atoms. The monoisotopic (exact) mass is 311 g/mol. The van der Waals surface area contributed by atoms with Crippen molar-refractivity contribution >= 4 is 21.7 Å². The molecule has 0 radical (unpaired) electrons. The van der Waals surface area contributed by atoms with E-state index >= 15 is 0 Å². The number of rotatable bonds is 4. The number of nitrogens with zero attached hydrogens (tertiary/aromatic N) is 2. The summed E-state index contributed by atoms with van der Waals surface area (Å²) in [5, 5.41) is 2.71. The Kier molecular flexibility index (Phi) is 4.73. The van der Waals surface area contributed by atoms with Crippen LogP contribution >= 0.6 is 15.9 Å². The van der Waals surface area contributed by atoms with Crippen LogP contribution < -0.4 is 5.32 Å². The molecule has 0 saturated carbocycles. The highest BCUT2D eigenvalue weighted by Gasteiger charge is 2.30. The van der Waals surface area contributed by atoms with Crippen molar-refractivity contribution in [2.75, 3.05) is 5.32 Å². The van der Waals surface area contributed by atoms with Crippen molar-refractivity contribution in [2.24, 2.45) is 0 Å². The zero-order chi connectivity index (χ0) is 13.1. The summed E-state index contributed by atoms with van der Waals surface area (Å²) in [6.45, 7) is 3.35. The maximum absolute atomic E-state index is 12.2. The molecule has 0 aliphatic heterocycles. The second-order valence-corrected chi connectivity index (χ2v) is 4.52. The second kappa shape index (κ2) is 5.66. The minimum absolute atomic E-state index is 0.403. The number of aromatic nitrogens is 2. The normalized spacial score (nSPS) is 13.5. The maximum atomic E-state index is 12.2. The van der Waals surface area contributed by atoms with Crippen molar-refractivity contribution in [3.63, 3.8) is 0 Å². The van der Waals surface area contributed by atoms with Crippen LogP contribution in [-0.4, -0.2) is 22.2 Å². The molecular formula is C10H13BrF3N3. The lowest BCUT2D eigenvalue weighted by molar-refractivity contribution is -0.136. The van der Waals surface area contributed by atoms with Crippen LogP contribution in [0.5, 0.6) is 0 Å². The van der Waals surface area contributed by atoms with Crippen LogP contribution in [0.3, 0.4) is 0 Å². The zero-order valence-electron chi connectivity index (χ0n) is 9.48. The van der Waals surface area contributed by atoms with E-state index in [0.29, 0.717) is 22.7 Å². The molecule has 0 fully saturated rings. The minimum Gasteiger partial charge on any atom is -0.367 e. The molecular weight excluding hydrogens is 299 g/mol. The average molecular weight is 312 g/mol. The standard InChI is InChI=1S/C10H13BrF3N3/c1-3-8-16-7(11)4-9(17-8)15-6(2)5-10(12,13)14/h4,6H,3,5H2,1-2H3,(H,15,16,17). The average Bonchev–Trinajstić information content (AvgIpc) is 2.13. The molecule has 0 aliphatic carbocycles. The first-order valence-electron chi connectivity index (χ1n) is 5.17. The Bertz CT molecular complexity index is 382. The third-order valence-corrected chi connectivity index (χ3v) is 2.40. The molecule has 0 amide bonds. The Balaban J connectivity index is 2.71. The van der Waals surface area contributed by atoms with Crippen LogP contribution in [-0.2, 0) is 6.42 Å². The quantitative estimate of drug-likeness (QED) is 0.864. The Hall–Kier alpha value is -0.850.